The average Bonchev–Trinajstić information content (AvgIpc) is 3.15. The minimum atomic E-state index is -0.0700. The first kappa shape index (κ1) is 19.8. The summed E-state index contributed by atoms with van der Waals surface area (Å²) >= 11 is 0. The van der Waals surface area contributed by atoms with Gasteiger partial charge >= 0.3 is 0 Å². The molecule has 6 heteroatoms. The Morgan fingerprint density at radius 1 is 1.14 bits per heavy atom. The second kappa shape index (κ2) is 9.28. The van der Waals surface area contributed by atoms with E-state index in [0.717, 1.165) is 5.56 Å². The van der Waals surface area contributed by atoms with E-state index in [1.807, 2.05) is 24.3 Å². The molecule has 0 fully saturated rings. The molecule has 3 aromatic rings. The molecule has 0 atom stereocenters. The standard InChI is InChI=1S/C22H25N3O3/c1-16-8-10-17(11-9-16)14-18-6-4-5-7-19(18)22(26)25(2)15-21-23-20(24-28-21)12-13-27-3/h4-11H,12-15H2,1-3H3. The number of aryl methyl sites for hydroxylation is 1. The lowest BCUT2D eigenvalue weighted by Crippen LogP contribution is -2.27. The molecule has 0 aliphatic heterocycles. The number of methoxy groups -OCH3 is 1. The van der Waals surface area contributed by atoms with Crippen molar-refractivity contribution in [2.75, 3.05) is 20.8 Å². The smallest absolute Gasteiger partial charge is 0.254 e. The zero-order valence-electron chi connectivity index (χ0n) is 16.5. The molecule has 28 heavy (non-hydrogen) atoms. The van der Waals surface area contributed by atoms with Crippen LogP contribution in [0.3, 0.4) is 0 Å². The first-order valence-corrected chi connectivity index (χ1v) is 9.26. The predicted molar refractivity (Wildman–Crippen MR) is 106 cm³/mol. The van der Waals surface area contributed by atoms with Crippen molar-refractivity contribution in [3.8, 4) is 0 Å². The molecule has 1 amide bonds. The Balaban J connectivity index is 1.71. The topological polar surface area (TPSA) is 68.5 Å². The summed E-state index contributed by atoms with van der Waals surface area (Å²) in [6.45, 7) is 2.85. The Morgan fingerprint density at radius 2 is 1.89 bits per heavy atom. The van der Waals surface area contributed by atoms with Gasteiger partial charge in [0.1, 0.15) is 0 Å². The van der Waals surface area contributed by atoms with Gasteiger partial charge in [-0.2, -0.15) is 4.98 Å². The highest BCUT2D eigenvalue weighted by molar-refractivity contribution is 5.95. The molecule has 0 aliphatic carbocycles. The molecule has 1 heterocycles. The minimum Gasteiger partial charge on any atom is -0.384 e. The normalized spacial score (nSPS) is 10.8. The van der Waals surface area contributed by atoms with Crippen molar-refractivity contribution in [1.82, 2.24) is 15.0 Å². The zero-order valence-corrected chi connectivity index (χ0v) is 16.5. The molecule has 0 saturated carbocycles. The molecule has 0 saturated heterocycles. The number of hydrogen-bond acceptors (Lipinski definition) is 5. The van der Waals surface area contributed by atoms with E-state index >= 15 is 0 Å². The van der Waals surface area contributed by atoms with Gasteiger partial charge in [-0.3, -0.25) is 4.79 Å². The van der Waals surface area contributed by atoms with Gasteiger partial charge in [0.25, 0.3) is 5.91 Å². The largest absolute Gasteiger partial charge is 0.384 e. The maximum absolute atomic E-state index is 13.0. The summed E-state index contributed by atoms with van der Waals surface area (Å²) in [6, 6.07) is 16.1. The first-order valence-electron chi connectivity index (χ1n) is 9.26. The third kappa shape index (κ3) is 5.04. The molecule has 146 valence electrons. The molecule has 6 nitrogen and oxygen atoms in total. The van der Waals surface area contributed by atoms with Crippen LogP contribution in [-0.4, -0.2) is 41.7 Å². The van der Waals surface area contributed by atoms with Gasteiger partial charge in [0.15, 0.2) is 5.82 Å². The number of amides is 1. The number of aromatic nitrogens is 2. The summed E-state index contributed by atoms with van der Waals surface area (Å²) in [4.78, 5) is 18.9. The zero-order chi connectivity index (χ0) is 19.9. The van der Waals surface area contributed by atoms with E-state index in [1.165, 1.54) is 11.1 Å². The van der Waals surface area contributed by atoms with Crippen molar-refractivity contribution in [1.29, 1.82) is 0 Å². The summed E-state index contributed by atoms with van der Waals surface area (Å²) < 4.78 is 10.3. The molecule has 3 rings (SSSR count). The van der Waals surface area contributed by atoms with Crippen LogP contribution in [0.15, 0.2) is 53.1 Å². The third-order valence-corrected chi connectivity index (χ3v) is 4.52. The Morgan fingerprint density at radius 3 is 2.64 bits per heavy atom. The molecule has 0 bridgehead atoms. The van der Waals surface area contributed by atoms with Crippen molar-refractivity contribution < 1.29 is 14.1 Å². The van der Waals surface area contributed by atoms with Crippen LogP contribution in [0.2, 0.25) is 0 Å². The number of carbonyl (C=O) groups is 1. The minimum absolute atomic E-state index is 0.0700. The summed E-state index contributed by atoms with van der Waals surface area (Å²) in [5.74, 6) is 0.926. The monoisotopic (exact) mass is 379 g/mol. The Kier molecular flexibility index (Phi) is 6.55. The van der Waals surface area contributed by atoms with E-state index in [-0.39, 0.29) is 12.5 Å². The van der Waals surface area contributed by atoms with Crippen LogP contribution in [0.5, 0.6) is 0 Å². The number of ether oxygens (including phenoxy) is 1. The first-order chi connectivity index (χ1) is 13.6. The van der Waals surface area contributed by atoms with E-state index in [2.05, 4.69) is 41.3 Å². The van der Waals surface area contributed by atoms with Gasteiger partial charge in [0, 0.05) is 26.1 Å². The van der Waals surface area contributed by atoms with Gasteiger partial charge in [-0.05, 0) is 30.5 Å². The fourth-order valence-electron chi connectivity index (χ4n) is 2.94. The fourth-order valence-corrected chi connectivity index (χ4v) is 2.94. The molecular weight excluding hydrogens is 354 g/mol. The molecule has 0 unspecified atom stereocenters. The van der Waals surface area contributed by atoms with Gasteiger partial charge in [0.05, 0.1) is 13.2 Å². The van der Waals surface area contributed by atoms with E-state index in [0.29, 0.717) is 36.7 Å². The average molecular weight is 379 g/mol. The third-order valence-electron chi connectivity index (χ3n) is 4.52. The summed E-state index contributed by atoms with van der Waals surface area (Å²) in [5, 5.41) is 3.92. The van der Waals surface area contributed by atoms with E-state index in [1.54, 1.807) is 19.1 Å². The lowest BCUT2D eigenvalue weighted by Gasteiger charge is -2.17. The lowest BCUT2D eigenvalue weighted by molar-refractivity contribution is 0.0768. The quantitative estimate of drug-likeness (QED) is 0.600. The van der Waals surface area contributed by atoms with Crippen molar-refractivity contribution >= 4 is 5.91 Å². The molecule has 1 aromatic heterocycles. The van der Waals surface area contributed by atoms with Gasteiger partial charge < -0.3 is 14.2 Å². The maximum atomic E-state index is 13.0. The SMILES string of the molecule is COCCc1noc(CN(C)C(=O)c2ccccc2Cc2ccc(C)cc2)n1. The number of nitrogens with zero attached hydrogens (tertiary/aromatic N) is 3. The van der Waals surface area contributed by atoms with E-state index in [9.17, 15) is 4.79 Å². The van der Waals surface area contributed by atoms with Gasteiger partial charge in [-0.15, -0.1) is 0 Å². The number of rotatable bonds is 8. The van der Waals surface area contributed by atoms with Crippen LogP contribution in [0.1, 0.15) is 38.8 Å². The van der Waals surface area contributed by atoms with Crippen molar-refractivity contribution in [2.45, 2.75) is 26.3 Å². The molecule has 0 aliphatic rings. The van der Waals surface area contributed by atoms with Gasteiger partial charge in [-0.25, -0.2) is 0 Å². The van der Waals surface area contributed by atoms with Crippen LogP contribution in [0.25, 0.3) is 0 Å². The van der Waals surface area contributed by atoms with Crippen LogP contribution < -0.4 is 0 Å². The molecule has 0 radical (unpaired) electrons. The number of carbonyl (C=O) groups excluding carboxylic acids is 1. The highest BCUT2D eigenvalue weighted by Gasteiger charge is 2.18. The van der Waals surface area contributed by atoms with Crippen LogP contribution in [0.4, 0.5) is 0 Å². The summed E-state index contributed by atoms with van der Waals surface area (Å²) in [6.07, 6.45) is 1.29. The van der Waals surface area contributed by atoms with Crippen LogP contribution >= 0.6 is 0 Å². The van der Waals surface area contributed by atoms with Crippen molar-refractivity contribution in [3.63, 3.8) is 0 Å². The van der Waals surface area contributed by atoms with Gasteiger partial charge in [-0.1, -0.05) is 53.2 Å². The number of hydrogen-bond donors (Lipinski definition) is 0. The van der Waals surface area contributed by atoms with Crippen LogP contribution in [0, 0.1) is 6.92 Å². The highest BCUT2D eigenvalue weighted by atomic mass is 16.5. The highest BCUT2D eigenvalue weighted by Crippen LogP contribution is 2.17. The second-order valence-corrected chi connectivity index (χ2v) is 6.83. The summed E-state index contributed by atoms with van der Waals surface area (Å²) in [5.41, 5.74) is 4.07. The molecule has 0 N–H and O–H groups in total. The Labute approximate surface area is 165 Å². The second-order valence-electron chi connectivity index (χ2n) is 6.83. The Bertz CT molecular complexity index is 919. The molecule has 0 spiro atoms. The van der Waals surface area contributed by atoms with E-state index in [4.69, 9.17) is 9.26 Å². The Hall–Kier alpha value is -2.99. The predicted octanol–water partition coefficient (Wildman–Crippen LogP) is 3.43. The van der Waals surface area contributed by atoms with Crippen molar-refractivity contribution in [2.24, 2.45) is 0 Å². The lowest BCUT2D eigenvalue weighted by atomic mass is 9.98. The molecule has 2 aromatic carbocycles. The maximum Gasteiger partial charge on any atom is 0.254 e. The van der Waals surface area contributed by atoms with Crippen LogP contribution in [-0.2, 0) is 24.1 Å². The summed E-state index contributed by atoms with van der Waals surface area (Å²) in [7, 11) is 3.37. The van der Waals surface area contributed by atoms with E-state index < -0.39 is 0 Å². The van der Waals surface area contributed by atoms with Crippen molar-refractivity contribution in [3.05, 3.63) is 82.5 Å². The number of benzene rings is 2. The fraction of sp³-hybridized carbons (Fsp3) is 0.318. The molecular formula is C22H25N3O3. The van der Waals surface area contributed by atoms with Gasteiger partial charge in [0.2, 0.25) is 5.89 Å².